The van der Waals surface area contributed by atoms with Gasteiger partial charge in [-0.25, -0.2) is 4.99 Å². The lowest BCUT2D eigenvalue weighted by molar-refractivity contribution is 0.0961. The zero-order valence-electron chi connectivity index (χ0n) is 18.9. The van der Waals surface area contributed by atoms with Gasteiger partial charge in [0, 0.05) is 31.4 Å². The first-order valence-corrected chi connectivity index (χ1v) is 10.9. The molecule has 172 valence electrons. The van der Waals surface area contributed by atoms with Gasteiger partial charge < -0.3 is 25.7 Å². The maximum Gasteiger partial charge on any atom is 0.291 e. The van der Waals surface area contributed by atoms with Gasteiger partial charge in [-0.3, -0.25) is 9.59 Å². The highest BCUT2D eigenvalue weighted by Gasteiger charge is 2.08. The van der Waals surface area contributed by atoms with Gasteiger partial charge in [0.15, 0.2) is 11.7 Å². The molecule has 33 heavy (non-hydrogen) atoms. The van der Waals surface area contributed by atoms with Gasteiger partial charge in [0.25, 0.3) is 11.8 Å². The predicted molar refractivity (Wildman–Crippen MR) is 129 cm³/mol. The summed E-state index contributed by atoms with van der Waals surface area (Å²) in [5, 5.41) is 12.0. The summed E-state index contributed by atoms with van der Waals surface area (Å²) in [5.74, 6) is 0.608. The first kappa shape index (κ1) is 23.6. The third kappa shape index (κ3) is 7.24. The van der Waals surface area contributed by atoms with E-state index in [-0.39, 0.29) is 17.6 Å². The van der Waals surface area contributed by atoms with Gasteiger partial charge in [-0.1, -0.05) is 24.3 Å². The first-order chi connectivity index (χ1) is 16.1. The molecule has 8 nitrogen and oxygen atoms in total. The number of furan rings is 1. The lowest BCUT2D eigenvalue weighted by Gasteiger charge is -2.12. The van der Waals surface area contributed by atoms with E-state index in [0.717, 1.165) is 30.1 Å². The minimum absolute atomic E-state index is 0.0914. The minimum atomic E-state index is -0.287. The summed E-state index contributed by atoms with van der Waals surface area (Å²) in [4.78, 5) is 28.5. The van der Waals surface area contributed by atoms with Gasteiger partial charge in [-0.05, 0) is 60.9 Å². The molecule has 0 saturated carbocycles. The molecule has 1 aromatic heterocycles. The van der Waals surface area contributed by atoms with Crippen LogP contribution < -0.4 is 21.3 Å². The van der Waals surface area contributed by atoms with Crippen LogP contribution in [-0.4, -0.2) is 37.9 Å². The number of guanidine groups is 1. The quantitative estimate of drug-likeness (QED) is 0.298. The highest BCUT2D eigenvalue weighted by Crippen LogP contribution is 2.12. The fourth-order valence-corrected chi connectivity index (χ4v) is 3.14. The number of benzene rings is 2. The van der Waals surface area contributed by atoms with E-state index >= 15 is 0 Å². The molecule has 4 N–H and O–H groups in total. The summed E-state index contributed by atoms with van der Waals surface area (Å²) in [6, 6.07) is 18.4. The Bertz CT molecular complexity index is 1080. The van der Waals surface area contributed by atoms with Crippen molar-refractivity contribution >= 4 is 23.5 Å². The van der Waals surface area contributed by atoms with E-state index in [1.165, 1.54) is 6.26 Å². The van der Waals surface area contributed by atoms with E-state index in [1.807, 2.05) is 49.4 Å². The number of aliphatic imine (C=N–C) groups is 1. The molecule has 2 aromatic carbocycles. The van der Waals surface area contributed by atoms with Crippen molar-refractivity contribution in [3.05, 3.63) is 89.4 Å². The van der Waals surface area contributed by atoms with Crippen LogP contribution in [0.15, 0.2) is 76.3 Å². The highest BCUT2D eigenvalue weighted by atomic mass is 16.3. The number of anilines is 1. The molecule has 2 amide bonds. The van der Waals surface area contributed by atoms with Crippen molar-refractivity contribution in [1.82, 2.24) is 16.0 Å². The Labute approximate surface area is 193 Å². The average Bonchev–Trinajstić information content (AvgIpc) is 3.38. The number of nitrogens with zero attached hydrogens (tertiary/aromatic N) is 1. The number of carbonyl (C=O) groups is 2. The molecule has 0 aliphatic rings. The van der Waals surface area contributed by atoms with Crippen LogP contribution in [0.25, 0.3) is 0 Å². The van der Waals surface area contributed by atoms with E-state index in [2.05, 4.69) is 26.3 Å². The highest BCUT2D eigenvalue weighted by molar-refractivity contribution is 6.02. The van der Waals surface area contributed by atoms with Crippen LogP contribution >= 0.6 is 0 Å². The number of hydrogen-bond donors (Lipinski definition) is 4. The topological polar surface area (TPSA) is 108 Å². The van der Waals surface area contributed by atoms with Crippen LogP contribution in [0.4, 0.5) is 5.69 Å². The zero-order valence-corrected chi connectivity index (χ0v) is 18.9. The van der Waals surface area contributed by atoms with Gasteiger partial charge >= 0.3 is 0 Å². The van der Waals surface area contributed by atoms with Crippen LogP contribution in [0.2, 0.25) is 0 Å². The van der Waals surface area contributed by atoms with Crippen LogP contribution in [0.1, 0.15) is 39.0 Å². The number of amides is 2. The zero-order chi connectivity index (χ0) is 23.5. The third-order valence-corrected chi connectivity index (χ3v) is 4.84. The summed E-state index contributed by atoms with van der Waals surface area (Å²) in [6.07, 6.45) is 2.23. The summed E-state index contributed by atoms with van der Waals surface area (Å²) in [5.41, 5.74) is 3.43. The fraction of sp³-hybridized carbons (Fsp3) is 0.240. The Morgan fingerprint density at radius 1 is 0.939 bits per heavy atom. The Morgan fingerprint density at radius 2 is 1.76 bits per heavy atom. The van der Waals surface area contributed by atoms with Crippen molar-refractivity contribution in [2.24, 2.45) is 4.99 Å². The molecule has 0 fully saturated rings. The van der Waals surface area contributed by atoms with E-state index in [1.54, 1.807) is 25.2 Å². The molecule has 0 saturated heterocycles. The lowest BCUT2D eigenvalue weighted by Crippen LogP contribution is -2.38. The third-order valence-electron chi connectivity index (χ3n) is 4.84. The van der Waals surface area contributed by atoms with Crippen LogP contribution in [0.5, 0.6) is 0 Å². The van der Waals surface area contributed by atoms with Crippen molar-refractivity contribution in [3.63, 3.8) is 0 Å². The molecule has 8 heteroatoms. The average molecular weight is 448 g/mol. The Balaban J connectivity index is 1.52. The van der Waals surface area contributed by atoms with E-state index in [0.29, 0.717) is 24.3 Å². The van der Waals surface area contributed by atoms with E-state index in [4.69, 9.17) is 4.42 Å². The second-order valence-corrected chi connectivity index (χ2v) is 7.28. The molecule has 0 atom stereocenters. The van der Waals surface area contributed by atoms with Crippen molar-refractivity contribution in [2.75, 3.05) is 25.5 Å². The molecule has 1 heterocycles. The summed E-state index contributed by atoms with van der Waals surface area (Å²) >= 11 is 0. The Morgan fingerprint density at radius 3 is 2.45 bits per heavy atom. The largest absolute Gasteiger partial charge is 0.459 e. The predicted octanol–water partition coefficient (Wildman–Crippen LogP) is 3.19. The lowest BCUT2D eigenvalue weighted by atomic mass is 10.1. The molecular weight excluding hydrogens is 418 g/mol. The maximum atomic E-state index is 12.1. The summed E-state index contributed by atoms with van der Waals surface area (Å²) in [6.45, 7) is 3.94. The molecule has 0 aliphatic carbocycles. The smallest absolute Gasteiger partial charge is 0.291 e. The van der Waals surface area contributed by atoms with Crippen molar-refractivity contribution in [2.45, 2.75) is 19.9 Å². The second kappa shape index (κ2) is 12.1. The molecule has 0 radical (unpaired) electrons. The number of nitrogens with one attached hydrogen (secondary N) is 4. The number of carbonyl (C=O) groups excluding carboxylic acids is 2. The summed E-state index contributed by atoms with van der Waals surface area (Å²) in [7, 11) is 1.63. The van der Waals surface area contributed by atoms with Gasteiger partial charge in [0.05, 0.1) is 12.8 Å². The van der Waals surface area contributed by atoms with E-state index in [9.17, 15) is 9.59 Å². The van der Waals surface area contributed by atoms with Crippen molar-refractivity contribution < 1.29 is 14.0 Å². The molecule has 0 spiro atoms. The monoisotopic (exact) mass is 447 g/mol. The first-order valence-electron chi connectivity index (χ1n) is 10.9. The van der Waals surface area contributed by atoms with Gasteiger partial charge in [-0.2, -0.15) is 0 Å². The van der Waals surface area contributed by atoms with Crippen molar-refractivity contribution in [1.29, 1.82) is 0 Å². The van der Waals surface area contributed by atoms with Gasteiger partial charge in [0.2, 0.25) is 0 Å². The summed E-state index contributed by atoms with van der Waals surface area (Å²) < 4.78 is 5.10. The van der Waals surface area contributed by atoms with Gasteiger partial charge in [0.1, 0.15) is 0 Å². The second-order valence-electron chi connectivity index (χ2n) is 7.28. The number of hydrogen-bond acceptors (Lipinski definition) is 4. The SMILES string of the molecule is CCNC(=NCc1ccc(NC(=O)c2ccco2)cc1)NCCc1cccc(C(=O)NC)c1. The fourth-order valence-electron chi connectivity index (χ4n) is 3.14. The van der Waals surface area contributed by atoms with Crippen LogP contribution in [0.3, 0.4) is 0 Å². The molecule has 0 aliphatic heterocycles. The molecule has 3 rings (SSSR count). The Hall–Kier alpha value is -4.07. The van der Waals surface area contributed by atoms with Gasteiger partial charge in [-0.15, -0.1) is 0 Å². The van der Waals surface area contributed by atoms with Crippen LogP contribution in [0, 0.1) is 0 Å². The molecule has 0 bridgehead atoms. The standard InChI is InChI=1S/C25H29N5O3/c1-3-27-25(28-14-13-18-6-4-7-20(16-18)23(31)26-2)29-17-19-9-11-21(12-10-19)30-24(32)22-8-5-15-33-22/h4-12,15-16H,3,13-14,17H2,1-2H3,(H,26,31)(H,30,32)(H2,27,28,29). The normalized spacial score (nSPS) is 11.0. The van der Waals surface area contributed by atoms with Crippen molar-refractivity contribution in [3.8, 4) is 0 Å². The minimum Gasteiger partial charge on any atom is -0.459 e. The number of rotatable bonds is 9. The van der Waals surface area contributed by atoms with Crippen LogP contribution in [-0.2, 0) is 13.0 Å². The molecular formula is C25H29N5O3. The maximum absolute atomic E-state index is 12.1. The molecule has 3 aromatic rings. The molecule has 0 unspecified atom stereocenters. The van der Waals surface area contributed by atoms with E-state index < -0.39 is 0 Å². The Kier molecular flexibility index (Phi) is 8.64.